The molecule has 6 nitrogen and oxygen atoms in total. The van der Waals surface area contributed by atoms with E-state index >= 15 is 0 Å². The van der Waals surface area contributed by atoms with Crippen molar-refractivity contribution in [3.05, 3.63) is 0 Å². The summed E-state index contributed by atoms with van der Waals surface area (Å²) >= 11 is 0. The molecule has 0 aromatic rings. The summed E-state index contributed by atoms with van der Waals surface area (Å²) in [6, 6.07) is 0.0275. The molecule has 1 saturated heterocycles. The Kier molecular flexibility index (Phi) is 4.51. The van der Waals surface area contributed by atoms with E-state index in [0.717, 1.165) is 0 Å². The third kappa shape index (κ3) is 3.85. The van der Waals surface area contributed by atoms with Gasteiger partial charge in [0.15, 0.2) is 0 Å². The van der Waals surface area contributed by atoms with E-state index in [-0.39, 0.29) is 18.6 Å². The summed E-state index contributed by atoms with van der Waals surface area (Å²) in [5.74, 6) is -1.26. The van der Waals surface area contributed by atoms with Crippen molar-refractivity contribution in [1.82, 2.24) is 4.90 Å². The molecule has 1 unspecified atom stereocenters. The SMILES string of the molecule is CC1COCCN1C(=O)COCC(=O)O. The Morgan fingerprint density at radius 2 is 2.27 bits per heavy atom. The van der Waals surface area contributed by atoms with Gasteiger partial charge in [-0.3, -0.25) is 4.79 Å². The number of aliphatic carboxylic acids is 1. The molecule has 0 aliphatic carbocycles. The summed E-state index contributed by atoms with van der Waals surface area (Å²) in [6.07, 6.45) is 0. The second kappa shape index (κ2) is 5.67. The maximum absolute atomic E-state index is 11.5. The smallest absolute Gasteiger partial charge is 0.329 e. The lowest BCUT2D eigenvalue weighted by Gasteiger charge is -2.33. The summed E-state index contributed by atoms with van der Waals surface area (Å²) < 4.78 is 9.90. The minimum Gasteiger partial charge on any atom is -0.480 e. The van der Waals surface area contributed by atoms with Gasteiger partial charge in [0.05, 0.1) is 19.3 Å². The topological polar surface area (TPSA) is 76.1 Å². The fourth-order valence-corrected chi connectivity index (χ4v) is 1.41. The number of hydrogen-bond acceptors (Lipinski definition) is 4. The molecular formula is C9H15NO5. The summed E-state index contributed by atoms with van der Waals surface area (Å²) in [5, 5.41) is 8.32. The number of carbonyl (C=O) groups is 2. The summed E-state index contributed by atoms with van der Waals surface area (Å²) in [7, 11) is 0. The summed E-state index contributed by atoms with van der Waals surface area (Å²) in [4.78, 5) is 23.3. The Morgan fingerprint density at radius 3 is 2.87 bits per heavy atom. The van der Waals surface area contributed by atoms with Gasteiger partial charge in [-0.15, -0.1) is 0 Å². The van der Waals surface area contributed by atoms with Crippen LogP contribution < -0.4 is 0 Å². The number of ether oxygens (including phenoxy) is 2. The Hall–Kier alpha value is -1.14. The van der Waals surface area contributed by atoms with E-state index in [1.807, 2.05) is 6.92 Å². The second-order valence-corrected chi connectivity index (χ2v) is 3.40. The standard InChI is InChI=1S/C9H15NO5/c1-7-4-14-3-2-10(7)8(11)5-15-6-9(12)13/h7H,2-6H2,1H3,(H,12,13). The monoisotopic (exact) mass is 217 g/mol. The molecule has 0 saturated carbocycles. The number of rotatable bonds is 4. The van der Waals surface area contributed by atoms with E-state index in [2.05, 4.69) is 0 Å². The minimum atomic E-state index is -1.07. The van der Waals surface area contributed by atoms with Gasteiger partial charge in [-0.25, -0.2) is 4.79 Å². The third-order valence-electron chi connectivity index (χ3n) is 2.14. The molecule has 6 heteroatoms. The fraction of sp³-hybridized carbons (Fsp3) is 0.778. The molecule has 0 bridgehead atoms. The first-order chi connectivity index (χ1) is 7.11. The molecule has 15 heavy (non-hydrogen) atoms. The largest absolute Gasteiger partial charge is 0.480 e. The summed E-state index contributed by atoms with van der Waals surface area (Å²) in [5.41, 5.74) is 0. The van der Waals surface area contributed by atoms with Crippen molar-refractivity contribution in [2.45, 2.75) is 13.0 Å². The van der Waals surface area contributed by atoms with Crippen molar-refractivity contribution >= 4 is 11.9 Å². The average Bonchev–Trinajstić information content (AvgIpc) is 2.17. The van der Waals surface area contributed by atoms with E-state index < -0.39 is 12.6 Å². The Bertz CT molecular complexity index is 243. The van der Waals surface area contributed by atoms with Gasteiger partial charge in [0.1, 0.15) is 13.2 Å². The molecule has 86 valence electrons. The molecule has 1 heterocycles. The molecule has 1 aliphatic rings. The minimum absolute atomic E-state index is 0.0275. The molecular weight excluding hydrogens is 202 g/mol. The van der Waals surface area contributed by atoms with Crippen LogP contribution in [-0.4, -0.2) is 60.9 Å². The lowest BCUT2D eigenvalue weighted by molar-refractivity contribution is -0.149. The van der Waals surface area contributed by atoms with Crippen molar-refractivity contribution in [3.63, 3.8) is 0 Å². The Balaban J connectivity index is 2.29. The number of carboxylic acid groups (broad SMARTS) is 1. The lowest BCUT2D eigenvalue weighted by atomic mass is 10.2. The molecule has 1 amide bonds. The summed E-state index contributed by atoms with van der Waals surface area (Å²) in [6.45, 7) is 2.84. The van der Waals surface area contributed by atoms with Crippen LogP contribution in [0.1, 0.15) is 6.92 Å². The zero-order valence-electron chi connectivity index (χ0n) is 8.64. The van der Waals surface area contributed by atoms with E-state index in [0.29, 0.717) is 19.8 Å². The molecule has 1 atom stereocenters. The molecule has 0 aromatic heterocycles. The molecule has 1 fully saturated rings. The van der Waals surface area contributed by atoms with E-state index in [9.17, 15) is 9.59 Å². The predicted molar refractivity (Wildman–Crippen MR) is 50.4 cm³/mol. The Morgan fingerprint density at radius 1 is 1.53 bits per heavy atom. The van der Waals surface area contributed by atoms with Gasteiger partial charge in [-0.1, -0.05) is 0 Å². The van der Waals surface area contributed by atoms with Crippen LogP contribution in [0.25, 0.3) is 0 Å². The van der Waals surface area contributed by atoms with E-state index in [4.69, 9.17) is 14.6 Å². The van der Waals surface area contributed by atoms with Crippen molar-refractivity contribution in [2.24, 2.45) is 0 Å². The van der Waals surface area contributed by atoms with Crippen LogP contribution >= 0.6 is 0 Å². The highest BCUT2D eigenvalue weighted by molar-refractivity contribution is 5.78. The van der Waals surface area contributed by atoms with Crippen LogP contribution in [0.5, 0.6) is 0 Å². The lowest BCUT2D eigenvalue weighted by Crippen LogP contribution is -2.48. The highest BCUT2D eigenvalue weighted by Gasteiger charge is 2.23. The molecule has 1 aliphatic heterocycles. The van der Waals surface area contributed by atoms with Crippen LogP contribution in [-0.2, 0) is 19.1 Å². The average molecular weight is 217 g/mol. The number of nitrogens with zero attached hydrogens (tertiary/aromatic N) is 1. The maximum Gasteiger partial charge on any atom is 0.329 e. The highest BCUT2D eigenvalue weighted by Crippen LogP contribution is 2.06. The van der Waals surface area contributed by atoms with Gasteiger partial charge in [0, 0.05) is 6.54 Å². The van der Waals surface area contributed by atoms with Crippen LogP contribution in [0.4, 0.5) is 0 Å². The predicted octanol–water partition coefficient (Wildman–Crippen LogP) is -0.665. The third-order valence-corrected chi connectivity index (χ3v) is 2.14. The Labute approximate surface area is 87.8 Å². The highest BCUT2D eigenvalue weighted by atomic mass is 16.5. The molecule has 1 N–H and O–H groups in total. The van der Waals surface area contributed by atoms with Crippen molar-refractivity contribution in [2.75, 3.05) is 33.0 Å². The number of amides is 1. The van der Waals surface area contributed by atoms with Gasteiger partial charge in [0.2, 0.25) is 5.91 Å². The van der Waals surface area contributed by atoms with Crippen LogP contribution in [0, 0.1) is 0 Å². The van der Waals surface area contributed by atoms with Gasteiger partial charge in [-0.2, -0.15) is 0 Å². The first kappa shape index (κ1) is 11.9. The molecule has 0 spiro atoms. The first-order valence-corrected chi connectivity index (χ1v) is 4.78. The zero-order valence-corrected chi connectivity index (χ0v) is 8.64. The van der Waals surface area contributed by atoms with Gasteiger partial charge in [0.25, 0.3) is 0 Å². The van der Waals surface area contributed by atoms with Crippen LogP contribution in [0.3, 0.4) is 0 Å². The van der Waals surface area contributed by atoms with Crippen molar-refractivity contribution in [1.29, 1.82) is 0 Å². The van der Waals surface area contributed by atoms with Crippen molar-refractivity contribution in [3.8, 4) is 0 Å². The van der Waals surface area contributed by atoms with Crippen molar-refractivity contribution < 1.29 is 24.2 Å². The molecule has 1 rings (SSSR count). The van der Waals surface area contributed by atoms with Crippen LogP contribution in [0.15, 0.2) is 0 Å². The van der Waals surface area contributed by atoms with E-state index in [1.54, 1.807) is 4.90 Å². The molecule has 0 aromatic carbocycles. The number of morpholine rings is 1. The quantitative estimate of drug-likeness (QED) is 0.676. The fourth-order valence-electron chi connectivity index (χ4n) is 1.41. The zero-order chi connectivity index (χ0) is 11.3. The van der Waals surface area contributed by atoms with Gasteiger partial charge >= 0.3 is 5.97 Å². The maximum atomic E-state index is 11.5. The normalized spacial score (nSPS) is 21.4. The number of carboxylic acids is 1. The number of hydrogen-bond donors (Lipinski definition) is 1. The van der Waals surface area contributed by atoms with Crippen LogP contribution in [0.2, 0.25) is 0 Å². The van der Waals surface area contributed by atoms with E-state index in [1.165, 1.54) is 0 Å². The van der Waals surface area contributed by atoms with Gasteiger partial charge < -0.3 is 19.5 Å². The molecule has 0 radical (unpaired) electrons. The van der Waals surface area contributed by atoms with Gasteiger partial charge in [-0.05, 0) is 6.92 Å². The number of carbonyl (C=O) groups excluding carboxylic acids is 1. The first-order valence-electron chi connectivity index (χ1n) is 4.78. The second-order valence-electron chi connectivity index (χ2n) is 3.40.